The maximum absolute atomic E-state index is 13.1. The Bertz CT molecular complexity index is 876. The predicted octanol–water partition coefficient (Wildman–Crippen LogP) is 1.20. The molecule has 3 heterocycles. The van der Waals surface area contributed by atoms with Crippen LogP contribution in [0.2, 0.25) is 0 Å². The number of anilines is 2. The van der Waals surface area contributed by atoms with Crippen LogP contribution in [-0.2, 0) is 17.4 Å². The van der Waals surface area contributed by atoms with E-state index in [0.29, 0.717) is 18.9 Å². The first-order valence-corrected chi connectivity index (χ1v) is 9.92. The van der Waals surface area contributed by atoms with Gasteiger partial charge in [-0.2, -0.15) is 13.2 Å². The first-order valence-electron chi connectivity index (χ1n) is 9.92. The number of fused-ring (bicyclic) bond motifs is 1. The second-order valence-corrected chi connectivity index (χ2v) is 7.70. The van der Waals surface area contributed by atoms with E-state index >= 15 is 0 Å². The lowest BCUT2D eigenvalue weighted by atomic mass is 10.1. The number of H-pyrrole nitrogens is 1. The molecule has 29 heavy (non-hydrogen) atoms. The van der Waals surface area contributed by atoms with Crippen molar-refractivity contribution in [2.45, 2.75) is 25.6 Å². The summed E-state index contributed by atoms with van der Waals surface area (Å²) < 4.78 is 38.2. The number of hydrogen-bond donors (Lipinski definition) is 1. The van der Waals surface area contributed by atoms with E-state index in [1.807, 2.05) is 34.9 Å². The summed E-state index contributed by atoms with van der Waals surface area (Å²) in [5.41, 5.74) is 1.54. The number of benzene rings is 1. The number of aromatic nitrogens is 1. The highest BCUT2D eigenvalue weighted by atomic mass is 19.4. The van der Waals surface area contributed by atoms with Gasteiger partial charge in [0, 0.05) is 18.3 Å². The van der Waals surface area contributed by atoms with Crippen LogP contribution >= 0.6 is 0 Å². The van der Waals surface area contributed by atoms with Gasteiger partial charge in [0.15, 0.2) is 6.04 Å². The topological polar surface area (TPSA) is 42.1 Å². The molecule has 4 rings (SSSR count). The van der Waals surface area contributed by atoms with Gasteiger partial charge in [-0.3, -0.25) is 9.69 Å². The lowest BCUT2D eigenvalue weighted by Gasteiger charge is -2.33. The minimum atomic E-state index is -4.35. The average molecular weight is 406 g/mol. The number of alkyl halides is 3. The van der Waals surface area contributed by atoms with Crippen molar-refractivity contribution < 1.29 is 27.8 Å². The molecule has 0 unspecified atom stereocenters. The number of amides is 1. The maximum atomic E-state index is 13.1. The van der Waals surface area contributed by atoms with Crippen LogP contribution < -0.4 is 19.7 Å². The van der Waals surface area contributed by atoms with Crippen LogP contribution in [0.4, 0.5) is 24.7 Å². The van der Waals surface area contributed by atoms with Gasteiger partial charge >= 0.3 is 6.18 Å². The molecule has 1 atom stereocenters. The number of quaternary nitrogens is 1. The molecule has 8 heteroatoms. The third-order valence-electron chi connectivity index (χ3n) is 6.01. The van der Waals surface area contributed by atoms with Crippen molar-refractivity contribution in [3.63, 3.8) is 0 Å². The van der Waals surface area contributed by atoms with E-state index in [2.05, 4.69) is 11.1 Å². The Morgan fingerprint density at radius 1 is 1.10 bits per heavy atom. The second kappa shape index (κ2) is 7.67. The number of pyridine rings is 1. The fourth-order valence-corrected chi connectivity index (χ4v) is 4.23. The summed E-state index contributed by atoms with van der Waals surface area (Å²) in [4.78, 5) is 21.0. The Morgan fingerprint density at radius 3 is 2.48 bits per heavy atom. The smallest absolute Gasteiger partial charge is 0.318 e. The molecule has 1 aromatic heterocycles. The van der Waals surface area contributed by atoms with Gasteiger partial charge in [-0.05, 0) is 31.0 Å². The highest BCUT2D eigenvalue weighted by Crippen LogP contribution is 2.29. The van der Waals surface area contributed by atoms with E-state index in [1.54, 1.807) is 0 Å². The fraction of sp³-hybridized carbons (Fsp3) is 0.429. The third kappa shape index (κ3) is 3.94. The Morgan fingerprint density at radius 2 is 1.83 bits per heavy atom. The lowest BCUT2D eigenvalue weighted by molar-refractivity contribution is -0.914. The zero-order valence-corrected chi connectivity index (χ0v) is 16.3. The summed E-state index contributed by atoms with van der Waals surface area (Å²) >= 11 is 0. The second-order valence-electron chi connectivity index (χ2n) is 7.70. The van der Waals surface area contributed by atoms with E-state index in [9.17, 15) is 18.0 Å². The Balaban J connectivity index is 1.36. The number of nitrogens with one attached hydrogen (secondary N) is 2. The predicted molar refractivity (Wildman–Crippen MR) is 103 cm³/mol. The Hall–Kier alpha value is -2.61. The van der Waals surface area contributed by atoms with Gasteiger partial charge in [0.1, 0.15) is 32.4 Å². The van der Waals surface area contributed by atoms with Crippen LogP contribution in [0.25, 0.3) is 0 Å². The molecule has 2 aliphatic rings. The van der Waals surface area contributed by atoms with Gasteiger partial charge in [0.05, 0.1) is 5.56 Å². The number of hydrogen-bond acceptors (Lipinski definition) is 2. The fourth-order valence-electron chi connectivity index (χ4n) is 4.23. The first kappa shape index (κ1) is 19.7. The van der Waals surface area contributed by atoms with Crippen LogP contribution in [0.3, 0.4) is 0 Å². The molecular formula is C21H25F3N4O+2. The molecule has 1 aromatic carbocycles. The molecule has 0 spiro atoms. The summed E-state index contributed by atoms with van der Waals surface area (Å²) in [6.07, 6.45) is -2.45. The lowest BCUT2D eigenvalue weighted by Crippen LogP contribution is -3.19. The van der Waals surface area contributed by atoms with Crippen molar-refractivity contribution in [3.05, 3.63) is 53.7 Å². The van der Waals surface area contributed by atoms with Crippen LogP contribution in [0.5, 0.6) is 0 Å². The van der Waals surface area contributed by atoms with Gasteiger partial charge in [0.2, 0.25) is 0 Å². The van der Waals surface area contributed by atoms with Crippen molar-refractivity contribution in [1.82, 2.24) is 0 Å². The molecule has 1 amide bonds. The summed E-state index contributed by atoms with van der Waals surface area (Å²) in [5.74, 6) is 0.809. The summed E-state index contributed by atoms with van der Waals surface area (Å²) in [7, 11) is 0. The quantitative estimate of drug-likeness (QED) is 0.833. The molecule has 2 aromatic rings. The molecule has 2 N–H and O–H groups in total. The van der Waals surface area contributed by atoms with Crippen molar-refractivity contribution in [3.8, 4) is 0 Å². The zero-order valence-electron chi connectivity index (χ0n) is 16.3. The van der Waals surface area contributed by atoms with Gasteiger partial charge in [-0.1, -0.05) is 18.2 Å². The standard InChI is InChI=1S/C21H23F3N4O/c1-15(20(29)28-9-8-16-4-2-3-5-18(16)28)26-10-12-27(13-11-26)19-7-6-17(14-25-19)21(22,23)24/h2-7,14-15H,8-13H2,1H3/p+2/t15-/m1/s1. The summed E-state index contributed by atoms with van der Waals surface area (Å²) in [6.45, 7) is 5.59. The third-order valence-corrected chi connectivity index (χ3v) is 6.01. The van der Waals surface area contributed by atoms with Gasteiger partial charge in [0.25, 0.3) is 11.7 Å². The van der Waals surface area contributed by atoms with Crippen LogP contribution in [-0.4, -0.2) is 44.7 Å². The minimum Gasteiger partial charge on any atom is -0.318 e. The van der Waals surface area contributed by atoms with E-state index in [1.165, 1.54) is 16.5 Å². The van der Waals surface area contributed by atoms with E-state index < -0.39 is 11.7 Å². The van der Waals surface area contributed by atoms with Crippen molar-refractivity contribution >= 4 is 17.4 Å². The minimum absolute atomic E-state index is 0.138. The van der Waals surface area contributed by atoms with E-state index in [0.717, 1.165) is 44.0 Å². The van der Waals surface area contributed by atoms with Gasteiger partial charge in [-0.15, -0.1) is 0 Å². The molecule has 1 saturated heterocycles. The van der Waals surface area contributed by atoms with Gasteiger partial charge in [-0.25, -0.2) is 4.98 Å². The van der Waals surface area contributed by atoms with Crippen molar-refractivity contribution in [2.24, 2.45) is 0 Å². The van der Waals surface area contributed by atoms with Crippen molar-refractivity contribution in [2.75, 3.05) is 42.5 Å². The molecular weight excluding hydrogens is 381 g/mol. The van der Waals surface area contributed by atoms with Crippen LogP contribution in [0.15, 0.2) is 42.6 Å². The van der Waals surface area contributed by atoms with E-state index in [4.69, 9.17) is 0 Å². The normalized spacial score (nSPS) is 18.6. The first-order chi connectivity index (χ1) is 13.8. The monoisotopic (exact) mass is 406 g/mol. The molecule has 0 saturated carbocycles. The summed E-state index contributed by atoms with van der Waals surface area (Å²) in [5, 5.41) is 0. The zero-order chi connectivity index (χ0) is 20.6. The highest BCUT2D eigenvalue weighted by molar-refractivity contribution is 5.97. The number of carbonyl (C=O) groups is 1. The summed E-state index contributed by atoms with van der Waals surface area (Å²) in [6, 6.07) is 10.5. The number of piperazine rings is 1. The molecule has 154 valence electrons. The number of para-hydroxylation sites is 1. The SMILES string of the molecule is C[C@H](C(=O)N1CCc2ccccc21)[NH+]1CCN(c2ccc(C(F)(F)F)c[nH+]2)CC1. The maximum Gasteiger partial charge on any atom is 0.419 e. The molecule has 1 fully saturated rings. The Labute approximate surface area is 167 Å². The molecule has 0 radical (unpaired) electrons. The number of rotatable bonds is 3. The highest BCUT2D eigenvalue weighted by Gasteiger charge is 2.37. The van der Waals surface area contributed by atoms with E-state index in [-0.39, 0.29) is 11.9 Å². The van der Waals surface area contributed by atoms with Crippen LogP contribution in [0.1, 0.15) is 18.1 Å². The number of carbonyl (C=O) groups excluding carboxylic acids is 1. The van der Waals surface area contributed by atoms with Gasteiger partial charge < -0.3 is 9.80 Å². The average Bonchev–Trinajstić information content (AvgIpc) is 3.16. The molecule has 5 nitrogen and oxygen atoms in total. The molecule has 2 aliphatic heterocycles. The Kier molecular flexibility index (Phi) is 5.21. The number of nitrogens with zero attached hydrogens (tertiary/aromatic N) is 2. The van der Waals surface area contributed by atoms with Crippen molar-refractivity contribution in [1.29, 1.82) is 0 Å². The largest absolute Gasteiger partial charge is 0.419 e. The molecule has 0 bridgehead atoms. The van der Waals surface area contributed by atoms with Crippen LogP contribution in [0, 0.1) is 0 Å². The number of aromatic amines is 1. The molecule has 0 aliphatic carbocycles. The number of halogens is 3.